The van der Waals surface area contributed by atoms with Gasteiger partial charge in [-0.2, -0.15) is 0 Å². The second-order valence-corrected chi connectivity index (χ2v) is 5.32. The predicted octanol–water partition coefficient (Wildman–Crippen LogP) is -3.22. The number of nitrogens with zero attached hydrogens (tertiary/aromatic N) is 2. The maximum Gasteiger partial charge on any atom is 0.240 e. The Bertz CT molecular complexity index is 456. The highest BCUT2D eigenvalue weighted by atomic mass is 16.2. The number of carbonyl (C=O) groups excluding carboxylic acids is 2. The number of unbranched alkanes of at least 4 members (excludes halogenated alkanes) is 1. The largest absolute Gasteiger partial charge is 0.370 e. The SMILES string of the molecule is NC(=O)[C@H](CCCCN=C(N)N)NC(=O)[C@H](N)CCCN=C(N)N. The zero-order valence-corrected chi connectivity index (χ0v) is 13.8. The molecule has 13 N–H and O–H groups in total. The summed E-state index contributed by atoms with van der Waals surface area (Å²) in [5, 5.41) is 2.56. The van der Waals surface area contributed by atoms with Gasteiger partial charge in [0.1, 0.15) is 6.04 Å². The minimum absolute atomic E-state index is 0.0115. The van der Waals surface area contributed by atoms with Crippen LogP contribution in [0.5, 0.6) is 0 Å². The molecule has 0 saturated carbocycles. The van der Waals surface area contributed by atoms with E-state index in [1.54, 1.807) is 0 Å². The Hall–Kier alpha value is -2.56. The summed E-state index contributed by atoms with van der Waals surface area (Å²) in [7, 11) is 0. The van der Waals surface area contributed by atoms with Gasteiger partial charge in [0, 0.05) is 13.1 Å². The third-order valence-electron chi connectivity index (χ3n) is 3.16. The summed E-state index contributed by atoms with van der Waals surface area (Å²) >= 11 is 0. The topological polar surface area (TPSA) is 227 Å². The molecule has 138 valence electrons. The van der Waals surface area contributed by atoms with Crippen LogP contribution < -0.4 is 39.7 Å². The molecule has 0 spiro atoms. The number of rotatable bonds is 12. The van der Waals surface area contributed by atoms with E-state index in [-0.39, 0.29) is 11.9 Å². The van der Waals surface area contributed by atoms with Crippen molar-refractivity contribution in [2.75, 3.05) is 13.1 Å². The average Bonchev–Trinajstić information content (AvgIpc) is 2.48. The van der Waals surface area contributed by atoms with Crippen molar-refractivity contribution in [1.29, 1.82) is 0 Å². The monoisotopic (exact) mass is 343 g/mol. The fourth-order valence-electron chi connectivity index (χ4n) is 1.88. The third-order valence-corrected chi connectivity index (χ3v) is 3.16. The van der Waals surface area contributed by atoms with Gasteiger partial charge in [0.15, 0.2) is 11.9 Å². The standard InChI is InChI=1S/C13H29N9O2/c14-8(4-3-7-21-13(18)19)11(24)22-9(10(15)23)5-1-2-6-20-12(16)17/h8-9H,1-7,14H2,(H2,15,23)(H,22,24)(H4,16,17,20)(H4,18,19,21)/t8-,9+/m1/s1. The van der Waals surface area contributed by atoms with Gasteiger partial charge in [0.2, 0.25) is 11.8 Å². The lowest BCUT2D eigenvalue weighted by Crippen LogP contribution is -2.50. The fraction of sp³-hybridized carbons (Fsp3) is 0.692. The van der Waals surface area contributed by atoms with Gasteiger partial charge in [0.25, 0.3) is 0 Å². The number of aliphatic imine (C=N–C) groups is 2. The molecule has 0 aliphatic rings. The summed E-state index contributed by atoms with van der Waals surface area (Å²) in [5.74, 6) is -1.05. The number of primary amides is 1. The number of hydrogen-bond acceptors (Lipinski definition) is 5. The van der Waals surface area contributed by atoms with E-state index in [4.69, 9.17) is 34.4 Å². The molecule has 24 heavy (non-hydrogen) atoms. The van der Waals surface area contributed by atoms with E-state index in [1.165, 1.54) is 0 Å². The summed E-state index contributed by atoms with van der Waals surface area (Å²) in [5.41, 5.74) is 31.9. The lowest BCUT2D eigenvalue weighted by atomic mass is 10.1. The quantitative estimate of drug-likeness (QED) is 0.109. The van der Waals surface area contributed by atoms with Crippen LogP contribution in [0.3, 0.4) is 0 Å². The lowest BCUT2D eigenvalue weighted by Gasteiger charge is -2.18. The van der Waals surface area contributed by atoms with E-state index in [0.717, 1.165) is 0 Å². The first-order valence-electron chi connectivity index (χ1n) is 7.70. The molecule has 0 unspecified atom stereocenters. The van der Waals surface area contributed by atoms with Crippen molar-refractivity contribution in [2.24, 2.45) is 44.4 Å². The molecule has 0 aromatic rings. The van der Waals surface area contributed by atoms with Gasteiger partial charge in [-0.3, -0.25) is 19.6 Å². The second kappa shape index (κ2) is 11.9. The fourth-order valence-corrected chi connectivity index (χ4v) is 1.88. The summed E-state index contributed by atoms with van der Waals surface area (Å²) in [6.45, 7) is 0.833. The molecule has 0 bridgehead atoms. The van der Waals surface area contributed by atoms with Crippen molar-refractivity contribution in [2.45, 2.75) is 44.2 Å². The molecular weight excluding hydrogens is 314 g/mol. The average molecular weight is 343 g/mol. The van der Waals surface area contributed by atoms with Crippen molar-refractivity contribution in [3.05, 3.63) is 0 Å². The van der Waals surface area contributed by atoms with Crippen LogP contribution in [0.25, 0.3) is 0 Å². The zero-order chi connectivity index (χ0) is 18.5. The second-order valence-electron chi connectivity index (χ2n) is 5.32. The number of nitrogens with one attached hydrogen (secondary N) is 1. The van der Waals surface area contributed by atoms with Crippen LogP contribution in [0.4, 0.5) is 0 Å². The molecule has 2 atom stereocenters. The van der Waals surface area contributed by atoms with Crippen molar-refractivity contribution >= 4 is 23.7 Å². The first-order chi connectivity index (χ1) is 11.2. The van der Waals surface area contributed by atoms with Gasteiger partial charge in [-0.25, -0.2) is 0 Å². The highest BCUT2D eigenvalue weighted by Crippen LogP contribution is 2.03. The van der Waals surface area contributed by atoms with E-state index in [0.29, 0.717) is 45.2 Å². The molecule has 0 radical (unpaired) electrons. The molecule has 0 aliphatic carbocycles. The zero-order valence-electron chi connectivity index (χ0n) is 13.8. The molecule has 0 heterocycles. The molecular formula is C13H29N9O2. The van der Waals surface area contributed by atoms with Crippen LogP contribution in [-0.2, 0) is 9.59 Å². The van der Waals surface area contributed by atoms with E-state index < -0.39 is 23.9 Å². The molecule has 0 aromatic carbocycles. The number of carbonyl (C=O) groups is 2. The minimum Gasteiger partial charge on any atom is -0.370 e. The molecule has 11 nitrogen and oxygen atoms in total. The van der Waals surface area contributed by atoms with Crippen LogP contribution in [0.15, 0.2) is 9.98 Å². The van der Waals surface area contributed by atoms with Gasteiger partial charge >= 0.3 is 0 Å². The molecule has 0 saturated heterocycles. The highest BCUT2D eigenvalue weighted by Gasteiger charge is 2.21. The molecule has 0 aromatic heterocycles. The third kappa shape index (κ3) is 11.1. The van der Waals surface area contributed by atoms with E-state index in [1.807, 2.05) is 0 Å². The predicted molar refractivity (Wildman–Crippen MR) is 93.5 cm³/mol. The smallest absolute Gasteiger partial charge is 0.240 e. The van der Waals surface area contributed by atoms with Crippen LogP contribution in [0.1, 0.15) is 32.1 Å². The Morgan fingerprint density at radius 1 is 0.833 bits per heavy atom. The maximum atomic E-state index is 12.0. The van der Waals surface area contributed by atoms with Crippen molar-refractivity contribution < 1.29 is 9.59 Å². The Kier molecular flexibility index (Phi) is 10.7. The van der Waals surface area contributed by atoms with Crippen molar-refractivity contribution in [3.63, 3.8) is 0 Å². The highest BCUT2D eigenvalue weighted by molar-refractivity contribution is 5.88. The summed E-state index contributed by atoms with van der Waals surface area (Å²) in [6, 6.07) is -1.54. The molecule has 0 fully saturated rings. The molecule has 2 amide bonds. The Labute approximate surface area is 141 Å². The van der Waals surface area contributed by atoms with Gasteiger partial charge in [-0.1, -0.05) is 0 Å². The van der Waals surface area contributed by atoms with E-state index >= 15 is 0 Å². The van der Waals surface area contributed by atoms with Gasteiger partial charge in [0.05, 0.1) is 6.04 Å². The van der Waals surface area contributed by atoms with Crippen LogP contribution in [-0.4, -0.2) is 48.9 Å². The van der Waals surface area contributed by atoms with E-state index in [2.05, 4.69) is 15.3 Å². The molecule has 11 heteroatoms. The van der Waals surface area contributed by atoms with Crippen LogP contribution in [0, 0.1) is 0 Å². The van der Waals surface area contributed by atoms with Crippen molar-refractivity contribution in [3.8, 4) is 0 Å². The van der Waals surface area contributed by atoms with Crippen molar-refractivity contribution in [1.82, 2.24) is 5.32 Å². The summed E-state index contributed by atoms with van der Waals surface area (Å²) < 4.78 is 0. The van der Waals surface area contributed by atoms with Gasteiger partial charge in [-0.15, -0.1) is 0 Å². The number of amides is 2. The number of hydrogen-bond donors (Lipinski definition) is 7. The molecule has 0 rings (SSSR count). The summed E-state index contributed by atoms with van der Waals surface area (Å²) in [4.78, 5) is 31.0. The van der Waals surface area contributed by atoms with Crippen LogP contribution >= 0.6 is 0 Å². The Morgan fingerprint density at radius 2 is 1.38 bits per heavy atom. The number of guanidine groups is 2. The Morgan fingerprint density at radius 3 is 1.88 bits per heavy atom. The molecule has 0 aliphatic heterocycles. The van der Waals surface area contributed by atoms with Gasteiger partial charge in [-0.05, 0) is 32.1 Å². The van der Waals surface area contributed by atoms with E-state index in [9.17, 15) is 9.59 Å². The van der Waals surface area contributed by atoms with Gasteiger partial charge < -0.3 is 39.7 Å². The van der Waals surface area contributed by atoms with Crippen LogP contribution in [0.2, 0.25) is 0 Å². The first-order valence-corrected chi connectivity index (χ1v) is 7.70. The normalized spacial score (nSPS) is 12.7. The Balaban J connectivity index is 4.19. The maximum absolute atomic E-state index is 12.0. The first kappa shape index (κ1) is 21.4. The lowest BCUT2D eigenvalue weighted by molar-refractivity contribution is -0.128. The minimum atomic E-state index is -0.777. The summed E-state index contributed by atoms with van der Waals surface area (Å²) in [6.07, 6.45) is 2.62. The number of nitrogens with two attached hydrogens (primary N) is 6.